The fourth-order valence-electron chi connectivity index (χ4n) is 2.80. The van der Waals surface area contributed by atoms with Crippen molar-refractivity contribution in [3.63, 3.8) is 0 Å². The molecule has 0 aromatic heterocycles. The number of carbonyl (C=O) groups excluding carboxylic acids is 4. The molecular formula is C24H35NO10. The highest BCUT2D eigenvalue weighted by molar-refractivity contribution is 5.76. The van der Waals surface area contributed by atoms with Crippen LogP contribution >= 0.6 is 0 Å². The van der Waals surface area contributed by atoms with Gasteiger partial charge in [-0.25, -0.2) is 9.59 Å². The van der Waals surface area contributed by atoms with E-state index < -0.39 is 30.4 Å². The molecule has 0 aliphatic heterocycles. The average Bonchev–Trinajstić information content (AvgIpc) is 2.79. The maximum absolute atomic E-state index is 12.3. The number of hydrogen-bond acceptors (Lipinski definition) is 11. The van der Waals surface area contributed by atoms with Gasteiger partial charge in [-0.1, -0.05) is 25.8 Å². The molecule has 196 valence electrons. The van der Waals surface area contributed by atoms with Crippen molar-refractivity contribution in [3.05, 3.63) is 23.8 Å². The molecule has 0 radical (unpaired) electrons. The highest BCUT2D eigenvalue weighted by Crippen LogP contribution is 2.30. The molecule has 35 heavy (non-hydrogen) atoms. The highest BCUT2D eigenvalue weighted by Gasteiger charge is 2.21. The van der Waals surface area contributed by atoms with Gasteiger partial charge in [0.2, 0.25) is 0 Å². The summed E-state index contributed by atoms with van der Waals surface area (Å²) in [6, 6.07) is 3.26. The summed E-state index contributed by atoms with van der Waals surface area (Å²) >= 11 is 0. The molecule has 0 heterocycles. The van der Waals surface area contributed by atoms with Crippen molar-refractivity contribution in [2.24, 2.45) is 5.73 Å². The van der Waals surface area contributed by atoms with Crippen molar-refractivity contribution in [1.82, 2.24) is 0 Å². The lowest BCUT2D eigenvalue weighted by Gasteiger charge is -2.17. The van der Waals surface area contributed by atoms with Gasteiger partial charge in [-0.2, -0.15) is 0 Å². The zero-order valence-electron chi connectivity index (χ0n) is 20.7. The van der Waals surface area contributed by atoms with Crippen molar-refractivity contribution in [2.45, 2.75) is 71.9 Å². The maximum Gasteiger partial charge on any atom is 0.513 e. The molecule has 2 N–H and O–H groups in total. The fourth-order valence-corrected chi connectivity index (χ4v) is 2.80. The third-order valence-corrected chi connectivity index (χ3v) is 4.45. The zero-order valence-corrected chi connectivity index (χ0v) is 20.7. The predicted molar refractivity (Wildman–Crippen MR) is 124 cm³/mol. The molecule has 11 nitrogen and oxygen atoms in total. The Morgan fingerprint density at radius 3 is 2.11 bits per heavy atom. The van der Waals surface area contributed by atoms with Crippen molar-refractivity contribution >= 4 is 24.2 Å². The van der Waals surface area contributed by atoms with E-state index in [1.807, 2.05) is 6.92 Å². The van der Waals surface area contributed by atoms with Gasteiger partial charge in [-0.3, -0.25) is 9.59 Å². The van der Waals surface area contributed by atoms with Gasteiger partial charge < -0.3 is 34.2 Å². The first kappa shape index (κ1) is 29.7. The van der Waals surface area contributed by atoms with Gasteiger partial charge in [-0.15, -0.1) is 0 Å². The Labute approximate surface area is 205 Å². The van der Waals surface area contributed by atoms with Crippen LogP contribution in [-0.2, 0) is 35.0 Å². The van der Waals surface area contributed by atoms with Crippen LogP contribution in [0.25, 0.3) is 0 Å². The Hall–Kier alpha value is -3.34. The molecule has 0 unspecified atom stereocenters. The van der Waals surface area contributed by atoms with E-state index >= 15 is 0 Å². The summed E-state index contributed by atoms with van der Waals surface area (Å²) in [6.45, 7) is 6.92. The Kier molecular flexibility index (Phi) is 13.8. The maximum atomic E-state index is 12.3. The van der Waals surface area contributed by atoms with Gasteiger partial charge in [0.25, 0.3) is 0 Å². The summed E-state index contributed by atoms with van der Waals surface area (Å²) in [5.74, 6) is -1.23. The van der Waals surface area contributed by atoms with E-state index in [9.17, 15) is 19.2 Å². The molecule has 1 aromatic rings. The smallest absolute Gasteiger partial charge is 0.461 e. The standard InChI is InChI=1S/C24H35NO10/c1-5-8-9-10-21(26)33-16(4)15-32-22(27)18(25)13-17-11-12-19(34-23(28)30-6-2)20(14-17)35-24(29)31-7-3/h11-12,14,16,18H,5-10,13,15,25H2,1-4H3/t16-,18-/m0/s1. The van der Waals surface area contributed by atoms with E-state index in [2.05, 4.69) is 0 Å². The summed E-state index contributed by atoms with van der Waals surface area (Å²) in [6.07, 6.45) is 0.448. The topological polar surface area (TPSA) is 150 Å². The van der Waals surface area contributed by atoms with Gasteiger partial charge in [0, 0.05) is 6.42 Å². The number of unbranched alkanes of at least 4 members (excludes halogenated alkanes) is 2. The first-order valence-corrected chi connectivity index (χ1v) is 11.6. The Morgan fingerprint density at radius 1 is 0.886 bits per heavy atom. The molecule has 0 bridgehead atoms. The van der Waals surface area contributed by atoms with Crippen molar-refractivity contribution < 1.29 is 47.6 Å². The van der Waals surface area contributed by atoms with Crippen LogP contribution in [0.5, 0.6) is 11.5 Å². The van der Waals surface area contributed by atoms with E-state index in [-0.39, 0.29) is 43.7 Å². The molecule has 1 aromatic carbocycles. The fraction of sp³-hybridized carbons (Fsp3) is 0.583. The molecule has 0 aliphatic rings. The predicted octanol–water partition coefficient (Wildman–Crippen LogP) is 3.68. The van der Waals surface area contributed by atoms with Crippen LogP contribution in [0.3, 0.4) is 0 Å². The van der Waals surface area contributed by atoms with Crippen LogP contribution in [0.1, 0.15) is 58.9 Å². The minimum Gasteiger partial charge on any atom is -0.461 e. The average molecular weight is 498 g/mol. The lowest BCUT2D eigenvalue weighted by atomic mass is 10.1. The van der Waals surface area contributed by atoms with E-state index in [0.29, 0.717) is 12.0 Å². The summed E-state index contributed by atoms with van der Waals surface area (Å²) in [7, 11) is 0. The minimum absolute atomic E-state index is 0.0306. The van der Waals surface area contributed by atoms with Gasteiger partial charge in [0.05, 0.1) is 13.2 Å². The van der Waals surface area contributed by atoms with E-state index in [1.165, 1.54) is 12.1 Å². The van der Waals surface area contributed by atoms with E-state index in [4.69, 9.17) is 34.2 Å². The van der Waals surface area contributed by atoms with Crippen molar-refractivity contribution in [3.8, 4) is 11.5 Å². The lowest BCUT2D eigenvalue weighted by molar-refractivity contribution is -0.158. The molecule has 0 saturated carbocycles. The van der Waals surface area contributed by atoms with Crippen molar-refractivity contribution in [2.75, 3.05) is 19.8 Å². The van der Waals surface area contributed by atoms with Crippen molar-refractivity contribution in [1.29, 1.82) is 0 Å². The largest absolute Gasteiger partial charge is 0.513 e. The number of ether oxygens (including phenoxy) is 6. The van der Waals surface area contributed by atoms with Crippen LogP contribution in [0, 0.1) is 0 Å². The Morgan fingerprint density at radius 2 is 1.51 bits per heavy atom. The molecule has 0 amide bonds. The molecule has 0 saturated heterocycles. The number of nitrogens with two attached hydrogens (primary N) is 1. The summed E-state index contributed by atoms with van der Waals surface area (Å²) in [4.78, 5) is 47.5. The molecule has 0 aliphatic carbocycles. The number of esters is 2. The molecule has 2 atom stereocenters. The Balaban J connectivity index is 2.72. The second kappa shape index (κ2) is 16.3. The summed E-state index contributed by atoms with van der Waals surface area (Å²) in [5.41, 5.74) is 6.46. The number of benzene rings is 1. The zero-order chi connectivity index (χ0) is 26.2. The van der Waals surface area contributed by atoms with Gasteiger partial charge >= 0.3 is 24.2 Å². The second-order valence-electron chi connectivity index (χ2n) is 7.55. The third kappa shape index (κ3) is 12.1. The summed E-state index contributed by atoms with van der Waals surface area (Å²) in [5, 5.41) is 0. The van der Waals surface area contributed by atoms with Crippen LogP contribution in [0.15, 0.2) is 18.2 Å². The number of hydrogen-bond donors (Lipinski definition) is 1. The number of rotatable bonds is 14. The highest BCUT2D eigenvalue weighted by atomic mass is 16.7. The van der Waals surface area contributed by atoms with Crippen LogP contribution in [0.4, 0.5) is 9.59 Å². The van der Waals surface area contributed by atoms with E-state index in [1.54, 1.807) is 26.8 Å². The minimum atomic E-state index is -1.05. The molecule has 11 heteroatoms. The van der Waals surface area contributed by atoms with E-state index in [0.717, 1.165) is 19.3 Å². The Bertz CT molecular complexity index is 842. The monoisotopic (exact) mass is 497 g/mol. The normalized spacial score (nSPS) is 12.1. The summed E-state index contributed by atoms with van der Waals surface area (Å²) < 4.78 is 30.0. The van der Waals surface area contributed by atoms with Gasteiger partial charge in [0.15, 0.2) is 11.5 Å². The van der Waals surface area contributed by atoms with Gasteiger partial charge in [0.1, 0.15) is 18.8 Å². The second-order valence-corrected chi connectivity index (χ2v) is 7.55. The molecular weight excluding hydrogens is 462 g/mol. The molecule has 0 spiro atoms. The van der Waals surface area contributed by atoms with Crippen LogP contribution < -0.4 is 15.2 Å². The van der Waals surface area contributed by atoms with Crippen LogP contribution in [0.2, 0.25) is 0 Å². The van der Waals surface area contributed by atoms with Crippen LogP contribution in [-0.4, -0.2) is 56.2 Å². The quantitative estimate of drug-likeness (QED) is 0.173. The molecule has 0 fully saturated rings. The SMILES string of the molecule is CCCCCC(=O)O[C@@H](C)COC(=O)[C@@H](N)Cc1ccc(OC(=O)OCC)c(OC(=O)OCC)c1. The first-order valence-electron chi connectivity index (χ1n) is 11.6. The first-order chi connectivity index (χ1) is 16.7. The van der Waals surface area contributed by atoms with Gasteiger partial charge in [-0.05, 0) is 51.3 Å². The molecule has 1 rings (SSSR count). The third-order valence-electron chi connectivity index (χ3n) is 4.45. The number of carbonyl (C=O) groups is 4. The lowest BCUT2D eigenvalue weighted by Crippen LogP contribution is -2.36.